The van der Waals surface area contributed by atoms with Gasteiger partial charge >= 0.3 is 5.97 Å². The quantitative estimate of drug-likeness (QED) is 0.920. The molecule has 0 aromatic carbocycles. The van der Waals surface area contributed by atoms with Gasteiger partial charge in [0.2, 0.25) is 0 Å². The molecule has 0 atom stereocenters. The molecule has 0 amide bonds. The minimum Gasteiger partial charge on any atom is -0.481 e. The Morgan fingerprint density at radius 1 is 1.47 bits per heavy atom. The molecule has 2 heterocycles. The number of thiophene rings is 1. The maximum absolute atomic E-state index is 11.2. The van der Waals surface area contributed by atoms with Gasteiger partial charge in [0.25, 0.3) is 0 Å². The Morgan fingerprint density at radius 3 is 2.79 bits per heavy atom. The summed E-state index contributed by atoms with van der Waals surface area (Å²) in [5.41, 5.74) is -0.337. The number of thiazole rings is 1. The van der Waals surface area contributed by atoms with E-state index in [1.807, 2.05) is 28.8 Å². The molecule has 4 nitrogen and oxygen atoms in total. The Hall–Kier alpha value is -1.40. The molecule has 2 rings (SSSR count). The molecule has 0 aliphatic heterocycles. The first kappa shape index (κ1) is 14.0. The molecule has 1 N–H and O–H groups in total. The molecule has 0 saturated heterocycles. The van der Waals surface area contributed by atoms with Crippen LogP contribution in [0.4, 0.5) is 5.13 Å². The molecule has 102 valence electrons. The lowest BCUT2D eigenvalue weighted by Crippen LogP contribution is -2.29. The molecule has 0 aliphatic rings. The van der Waals surface area contributed by atoms with Crippen LogP contribution in [0.5, 0.6) is 0 Å². The van der Waals surface area contributed by atoms with Crippen LogP contribution in [0, 0.1) is 0 Å². The number of carbonyl (C=O) groups is 1. The minimum atomic E-state index is -0.946. The van der Waals surface area contributed by atoms with Gasteiger partial charge in [-0.05, 0) is 25.3 Å². The highest BCUT2D eigenvalue weighted by atomic mass is 32.1. The lowest BCUT2D eigenvalue weighted by atomic mass is 9.90. The highest BCUT2D eigenvalue weighted by molar-refractivity contribution is 7.13. The van der Waals surface area contributed by atoms with E-state index in [0.29, 0.717) is 5.69 Å². The normalized spacial score (nSPS) is 11.5. The molecule has 0 saturated carbocycles. The third kappa shape index (κ3) is 2.96. The Morgan fingerprint density at radius 2 is 2.21 bits per heavy atom. The monoisotopic (exact) mass is 296 g/mol. The second kappa shape index (κ2) is 5.30. The molecule has 2 aromatic rings. The molecule has 0 unspecified atom stereocenters. The zero-order chi connectivity index (χ0) is 14.0. The standard InChI is InChI=1S/C13H16N2O2S2/c1-13(2,11(16)17)10-8-19-12(14-10)15(3)7-9-5-4-6-18-9/h4-6,8H,7H2,1-3H3,(H,16,17). The number of hydrogen-bond donors (Lipinski definition) is 1. The van der Waals surface area contributed by atoms with Gasteiger partial charge in [-0.25, -0.2) is 4.98 Å². The van der Waals surface area contributed by atoms with Crippen LogP contribution in [-0.2, 0) is 16.8 Å². The summed E-state index contributed by atoms with van der Waals surface area (Å²) in [6, 6.07) is 4.10. The van der Waals surface area contributed by atoms with Crippen molar-refractivity contribution in [2.24, 2.45) is 0 Å². The van der Waals surface area contributed by atoms with Gasteiger partial charge in [-0.1, -0.05) is 6.07 Å². The fraction of sp³-hybridized carbons (Fsp3) is 0.385. The van der Waals surface area contributed by atoms with Crippen LogP contribution in [0.25, 0.3) is 0 Å². The molecule has 2 aromatic heterocycles. The summed E-state index contributed by atoms with van der Waals surface area (Å²) < 4.78 is 0. The number of rotatable bonds is 5. The van der Waals surface area contributed by atoms with Crippen LogP contribution in [-0.4, -0.2) is 23.1 Å². The second-order valence-electron chi connectivity index (χ2n) is 4.88. The van der Waals surface area contributed by atoms with Crippen molar-refractivity contribution in [2.45, 2.75) is 25.8 Å². The summed E-state index contributed by atoms with van der Waals surface area (Å²) in [6.07, 6.45) is 0. The highest BCUT2D eigenvalue weighted by Gasteiger charge is 2.32. The van der Waals surface area contributed by atoms with E-state index in [9.17, 15) is 9.90 Å². The van der Waals surface area contributed by atoms with Crippen molar-refractivity contribution in [3.8, 4) is 0 Å². The van der Waals surface area contributed by atoms with Gasteiger partial charge in [-0.2, -0.15) is 0 Å². The molecule has 0 bridgehead atoms. The number of carboxylic acid groups (broad SMARTS) is 1. The maximum atomic E-state index is 11.2. The summed E-state index contributed by atoms with van der Waals surface area (Å²) in [6.45, 7) is 4.14. The Balaban J connectivity index is 2.15. The predicted molar refractivity (Wildman–Crippen MR) is 79.2 cm³/mol. The third-order valence-corrected chi connectivity index (χ3v) is 4.78. The lowest BCUT2D eigenvalue weighted by Gasteiger charge is -2.17. The maximum Gasteiger partial charge on any atom is 0.315 e. The van der Waals surface area contributed by atoms with E-state index >= 15 is 0 Å². The molecular formula is C13H16N2O2S2. The van der Waals surface area contributed by atoms with Crippen molar-refractivity contribution in [1.29, 1.82) is 0 Å². The van der Waals surface area contributed by atoms with Crippen molar-refractivity contribution in [1.82, 2.24) is 4.98 Å². The van der Waals surface area contributed by atoms with E-state index in [2.05, 4.69) is 11.1 Å². The summed E-state index contributed by atoms with van der Waals surface area (Å²) in [7, 11) is 1.97. The predicted octanol–water partition coefficient (Wildman–Crippen LogP) is 3.20. The van der Waals surface area contributed by atoms with E-state index in [0.717, 1.165) is 11.7 Å². The largest absolute Gasteiger partial charge is 0.481 e. The van der Waals surface area contributed by atoms with Crippen LogP contribution in [0.1, 0.15) is 24.4 Å². The minimum absolute atomic E-state index is 0.609. The first-order valence-electron chi connectivity index (χ1n) is 5.84. The van der Waals surface area contributed by atoms with E-state index < -0.39 is 11.4 Å². The molecule has 0 fully saturated rings. The first-order valence-corrected chi connectivity index (χ1v) is 7.60. The van der Waals surface area contributed by atoms with Crippen LogP contribution >= 0.6 is 22.7 Å². The summed E-state index contributed by atoms with van der Waals surface area (Å²) in [5.74, 6) is -0.856. The van der Waals surface area contributed by atoms with E-state index in [1.54, 1.807) is 25.2 Å². The lowest BCUT2D eigenvalue weighted by molar-refractivity contribution is -0.142. The summed E-state index contributed by atoms with van der Waals surface area (Å²) in [4.78, 5) is 19.0. The van der Waals surface area contributed by atoms with Crippen LogP contribution in [0.15, 0.2) is 22.9 Å². The van der Waals surface area contributed by atoms with Gasteiger partial charge in [0, 0.05) is 17.3 Å². The first-order chi connectivity index (χ1) is 8.91. The van der Waals surface area contributed by atoms with Gasteiger partial charge in [-0.15, -0.1) is 22.7 Å². The number of carboxylic acids is 1. The van der Waals surface area contributed by atoms with E-state index in [1.165, 1.54) is 16.2 Å². The van der Waals surface area contributed by atoms with Gasteiger partial charge in [-0.3, -0.25) is 4.79 Å². The van der Waals surface area contributed by atoms with Gasteiger partial charge in [0.1, 0.15) is 5.41 Å². The average Bonchev–Trinajstić information content (AvgIpc) is 2.98. The fourth-order valence-corrected chi connectivity index (χ4v) is 3.26. The Bertz CT molecular complexity index is 561. The van der Waals surface area contributed by atoms with E-state index in [-0.39, 0.29) is 0 Å². The number of hydrogen-bond acceptors (Lipinski definition) is 5. The van der Waals surface area contributed by atoms with Gasteiger partial charge < -0.3 is 10.0 Å². The topological polar surface area (TPSA) is 53.4 Å². The number of aliphatic carboxylic acids is 1. The number of nitrogens with zero attached hydrogens (tertiary/aromatic N) is 2. The van der Waals surface area contributed by atoms with Crippen molar-refractivity contribution in [3.05, 3.63) is 33.5 Å². The van der Waals surface area contributed by atoms with E-state index in [4.69, 9.17) is 0 Å². The Kier molecular flexibility index (Phi) is 3.91. The van der Waals surface area contributed by atoms with Crippen molar-refractivity contribution in [2.75, 3.05) is 11.9 Å². The van der Waals surface area contributed by atoms with Crippen LogP contribution in [0.2, 0.25) is 0 Å². The molecule has 0 radical (unpaired) electrons. The van der Waals surface area contributed by atoms with Crippen molar-refractivity contribution in [3.63, 3.8) is 0 Å². The molecule has 19 heavy (non-hydrogen) atoms. The fourth-order valence-electron chi connectivity index (χ4n) is 1.54. The summed E-state index contributed by atoms with van der Waals surface area (Å²) >= 11 is 3.18. The number of aromatic nitrogens is 1. The molecule has 0 aliphatic carbocycles. The zero-order valence-corrected chi connectivity index (χ0v) is 12.7. The van der Waals surface area contributed by atoms with Crippen molar-refractivity contribution >= 4 is 33.8 Å². The zero-order valence-electron chi connectivity index (χ0n) is 11.1. The van der Waals surface area contributed by atoms with Gasteiger partial charge in [0.05, 0.1) is 12.2 Å². The highest BCUT2D eigenvalue weighted by Crippen LogP contribution is 2.29. The SMILES string of the molecule is CN(Cc1cccs1)c1nc(C(C)(C)C(=O)O)cs1. The number of anilines is 1. The third-order valence-electron chi connectivity index (χ3n) is 2.97. The average molecular weight is 296 g/mol. The van der Waals surface area contributed by atoms with Gasteiger partial charge in [0.15, 0.2) is 5.13 Å². The van der Waals surface area contributed by atoms with Crippen LogP contribution in [0.3, 0.4) is 0 Å². The smallest absolute Gasteiger partial charge is 0.315 e. The molecule has 6 heteroatoms. The Labute approximate surface area is 120 Å². The van der Waals surface area contributed by atoms with Crippen molar-refractivity contribution < 1.29 is 9.90 Å². The second-order valence-corrected chi connectivity index (χ2v) is 6.75. The molecule has 0 spiro atoms. The summed E-state index contributed by atoms with van der Waals surface area (Å²) in [5, 5.41) is 13.9. The van der Waals surface area contributed by atoms with Crippen LogP contribution < -0.4 is 4.90 Å². The molecular weight excluding hydrogens is 280 g/mol.